The largest absolute Gasteiger partial charge is 0.462 e. The van der Waals surface area contributed by atoms with E-state index in [1.165, 1.54) is 24.3 Å². The number of aliphatic hydroxyl groups is 14. The lowest BCUT2D eigenvalue weighted by Gasteiger charge is -2.46. The molecule has 25 atom stereocenters. The number of amides is 6. The Labute approximate surface area is 517 Å². The Morgan fingerprint density at radius 2 is 1.12 bits per heavy atom. The Hall–Kier alpha value is -7.12. The van der Waals surface area contributed by atoms with Gasteiger partial charge in [0.15, 0.2) is 24.4 Å². The van der Waals surface area contributed by atoms with Crippen LogP contribution in [0, 0.1) is 10.8 Å². The molecule has 0 bridgehead atoms. The number of rotatable bonds is 17. The second kappa shape index (κ2) is 30.5. The number of carbonyl (C=O) groups excluding carboxylic acids is 6. The van der Waals surface area contributed by atoms with Gasteiger partial charge in [0.05, 0.1) is 45.1 Å². The highest BCUT2D eigenvalue weighted by molar-refractivity contribution is 5.98. The molecule has 6 aliphatic rings. The maximum atomic E-state index is 15.1. The number of nitrogens with one attached hydrogen (secondary N) is 11. The molecule has 37 nitrogen and oxygen atoms in total. The fourth-order valence-corrected chi connectivity index (χ4v) is 11.3. The molecule has 2 aromatic rings. The van der Waals surface area contributed by atoms with Crippen LogP contribution in [0.5, 0.6) is 5.75 Å². The van der Waals surface area contributed by atoms with Crippen LogP contribution in [0.3, 0.4) is 0 Å². The minimum Gasteiger partial charge on any atom is -0.462 e. The molecule has 10 unspecified atom stereocenters. The number of carbonyl (C=O) groups is 6. The van der Waals surface area contributed by atoms with Crippen LogP contribution >= 0.6 is 0 Å². The average molecular weight is 1300 g/mol. The third kappa shape index (κ3) is 15.7. The average Bonchev–Trinajstić information content (AvgIpc) is 1.85. The zero-order valence-electron chi connectivity index (χ0n) is 48.5. The molecule has 504 valence electrons. The number of guanidine groups is 2. The first kappa shape index (κ1) is 69.8. The van der Waals surface area contributed by atoms with Crippen LogP contribution in [-0.4, -0.2) is 316 Å². The highest BCUT2D eigenvalue weighted by Crippen LogP contribution is 2.32. The van der Waals surface area contributed by atoms with Gasteiger partial charge in [-0.3, -0.25) is 39.6 Å². The van der Waals surface area contributed by atoms with Crippen molar-refractivity contribution in [1.82, 2.24) is 52.8 Å². The second-order valence-electron chi connectivity index (χ2n) is 22.6. The van der Waals surface area contributed by atoms with Crippen LogP contribution in [0.4, 0.5) is 0 Å². The first-order valence-electron chi connectivity index (χ1n) is 29.0. The molecule has 0 radical (unpaired) electrons. The van der Waals surface area contributed by atoms with E-state index in [4.69, 9.17) is 34.5 Å². The van der Waals surface area contributed by atoms with Gasteiger partial charge in [0.1, 0.15) is 121 Å². The van der Waals surface area contributed by atoms with Gasteiger partial charge in [-0.1, -0.05) is 49.4 Å². The number of aliphatic hydroxyl groups excluding tert-OH is 14. The summed E-state index contributed by atoms with van der Waals surface area (Å²) in [4.78, 5) is 87.8. The van der Waals surface area contributed by atoms with Gasteiger partial charge in [0.25, 0.3) is 0 Å². The number of hydrogen-bond acceptors (Lipinski definition) is 27. The predicted octanol–water partition coefficient (Wildman–Crippen LogP) is -13.2. The van der Waals surface area contributed by atoms with Gasteiger partial charge in [0.2, 0.25) is 41.7 Å². The summed E-state index contributed by atoms with van der Waals surface area (Å²) in [6, 6.07) is 0.708. The van der Waals surface area contributed by atoms with Gasteiger partial charge in [-0.2, -0.15) is 0 Å². The van der Waals surface area contributed by atoms with Crippen molar-refractivity contribution in [3.8, 4) is 5.75 Å². The van der Waals surface area contributed by atoms with E-state index in [1.807, 2.05) is 0 Å². The molecule has 25 N–H and O–H groups in total. The molecule has 0 spiro atoms. The Balaban J connectivity index is 1.11. The van der Waals surface area contributed by atoms with Crippen LogP contribution in [0.1, 0.15) is 24.0 Å². The van der Waals surface area contributed by atoms with E-state index in [1.54, 1.807) is 37.3 Å². The molecule has 6 aliphatic heterocycles. The summed E-state index contributed by atoms with van der Waals surface area (Å²) in [7, 11) is 0. The lowest BCUT2D eigenvalue weighted by atomic mass is 9.92. The molecule has 8 rings (SSSR count). The summed E-state index contributed by atoms with van der Waals surface area (Å²) in [6.07, 6.45) is -31.8. The minimum atomic E-state index is -2.36. The zero-order valence-corrected chi connectivity index (χ0v) is 48.5. The molecular formula is C54H78N12O25. The van der Waals surface area contributed by atoms with Crippen molar-refractivity contribution in [3.05, 3.63) is 65.7 Å². The van der Waals surface area contributed by atoms with Crippen LogP contribution in [0.15, 0.2) is 54.6 Å². The Kier molecular flexibility index (Phi) is 23.4. The van der Waals surface area contributed by atoms with Gasteiger partial charge in [-0.05, 0) is 23.3 Å². The molecule has 2 aromatic carbocycles. The first-order chi connectivity index (χ1) is 43.3. The summed E-state index contributed by atoms with van der Waals surface area (Å²) < 4.78 is 28.2. The number of nitrogens with zero attached hydrogens (tertiary/aromatic N) is 1. The van der Waals surface area contributed by atoms with E-state index in [2.05, 4.69) is 47.9 Å². The fourth-order valence-electron chi connectivity index (χ4n) is 11.3. The van der Waals surface area contributed by atoms with Gasteiger partial charge in [-0.25, -0.2) is 0 Å². The predicted molar refractivity (Wildman–Crippen MR) is 302 cm³/mol. The molecule has 0 aromatic heterocycles. The Morgan fingerprint density at radius 1 is 0.549 bits per heavy atom. The summed E-state index contributed by atoms with van der Waals surface area (Å²) in [5.74, 6) is -9.31. The zero-order chi connectivity index (χ0) is 66.3. The fraction of sp³-hybridized carbons (Fsp3) is 0.630. The molecular weight excluding hydrogens is 1220 g/mol. The smallest absolute Gasteiger partial charge is 0.246 e. The number of ether oxygens (including phenoxy) is 5. The SMILES string of the molecule is CC(c1ccccc1)C1NC(=O)CNC(=O)C(CO)NC(=O)C(C(O)C2CNC(=N)N2[C@H]2O[C@H](CO)[C@@H](O)[C@H](O)[C@@H]2O)NC(=O)C(C(O)C2CNC(=N)N2)NC(=O)C(Cc2ccc(O[C@H]3O[C@H](CO)[C@@H](O[C@H]4O[C@H](CO)[C@@H](O)[C@H](O)[C@@H]4O)[C@H](O)[C@@H]3O)cc2)NC1=O. The molecule has 6 heterocycles. The molecule has 0 saturated carbocycles. The quantitative estimate of drug-likeness (QED) is 0.0699. The van der Waals surface area contributed by atoms with Crippen molar-refractivity contribution in [2.75, 3.05) is 46.1 Å². The maximum Gasteiger partial charge on any atom is 0.246 e. The van der Waals surface area contributed by atoms with E-state index in [0.29, 0.717) is 5.56 Å². The highest BCUT2D eigenvalue weighted by Gasteiger charge is 2.54. The van der Waals surface area contributed by atoms with Crippen molar-refractivity contribution >= 4 is 47.4 Å². The van der Waals surface area contributed by atoms with Gasteiger partial charge >= 0.3 is 0 Å². The molecule has 6 amide bonds. The minimum absolute atomic E-state index is 0.0783. The van der Waals surface area contributed by atoms with Crippen molar-refractivity contribution in [2.45, 2.75) is 166 Å². The summed E-state index contributed by atoms with van der Waals surface area (Å²) in [5, 5.41) is 189. The summed E-state index contributed by atoms with van der Waals surface area (Å²) in [5.41, 5.74) is 0.701. The monoisotopic (exact) mass is 1290 g/mol. The van der Waals surface area contributed by atoms with Gasteiger partial charge < -0.3 is 148 Å². The normalized spacial score (nSPS) is 37.5. The van der Waals surface area contributed by atoms with Crippen molar-refractivity contribution < 1.29 is 124 Å². The van der Waals surface area contributed by atoms with E-state index < -0.39 is 240 Å². The highest BCUT2D eigenvalue weighted by atomic mass is 16.7. The van der Waals surface area contributed by atoms with Crippen LogP contribution in [0.2, 0.25) is 0 Å². The van der Waals surface area contributed by atoms with Gasteiger partial charge in [0, 0.05) is 25.4 Å². The van der Waals surface area contributed by atoms with Crippen molar-refractivity contribution in [3.63, 3.8) is 0 Å². The lowest BCUT2D eigenvalue weighted by molar-refractivity contribution is -0.352. The standard InChI is InChI=1S/C54H78N12O25/c1-19(21-5-3-2-4-6-21)31-47(84)60-23(11-20-7-9-22(10-8-20)87-51-43(81)40(78)44(29(18-70)90-51)91-52-42(80)39(77)37(75)28(17-69)89-52)46(83)64-32(34(72)24-12-58-53(55)62-24)49(86)65-33(48(85)61-25(15-67)45(82)57-14-30(71)63-31)35(73)26-13-59-54(56)66(26)50-41(79)38(76)36(74)27(16-68)88-50/h2-10,19,23-29,31-44,50-52,67-70,72-81H,11-18H2,1H3,(H2,56,59)(H,57,82)(H,60,84)(H,61,85)(H,63,71)(H,64,83)(H,65,86)(H3,55,58,62)/t19?,23?,24?,25?,26?,27-,28-,29-,31?,32?,33?,34?,35?,36-,37-,38+,39+,40-,41+,42+,43+,44-,50+,51+,52-/m1/s1. The third-order valence-electron chi connectivity index (χ3n) is 16.6. The summed E-state index contributed by atoms with van der Waals surface area (Å²) in [6.45, 7) is -3.88. The van der Waals surface area contributed by atoms with Crippen LogP contribution in [0.25, 0.3) is 0 Å². The maximum absolute atomic E-state index is 15.1. The van der Waals surface area contributed by atoms with E-state index >= 15 is 9.59 Å². The molecule has 6 saturated heterocycles. The van der Waals surface area contributed by atoms with Crippen molar-refractivity contribution in [1.29, 1.82) is 10.8 Å². The Morgan fingerprint density at radius 3 is 1.75 bits per heavy atom. The molecule has 0 aliphatic carbocycles. The number of benzene rings is 2. The first-order valence-corrected chi connectivity index (χ1v) is 29.0. The van der Waals surface area contributed by atoms with Crippen LogP contribution in [-0.2, 0) is 54.1 Å². The number of hydrogen-bond donors (Lipinski definition) is 25. The van der Waals surface area contributed by atoms with Crippen molar-refractivity contribution in [2.24, 2.45) is 0 Å². The van der Waals surface area contributed by atoms with Gasteiger partial charge in [-0.15, -0.1) is 0 Å². The van der Waals surface area contributed by atoms with Crippen LogP contribution < -0.4 is 52.6 Å². The lowest BCUT2D eigenvalue weighted by Crippen LogP contribution is -2.69. The Bertz CT molecular complexity index is 2870. The van der Waals surface area contributed by atoms with E-state index in [9.17, 15) is 90.7 Å². The molecule has 91 heavy (non-hydrogen) atoms. The van der Waals surface area contributed by atoms with E-state index in [0.717, 1.165) is 4.90 Å². The second-order valence-corrected chi connectivity index (χ2v) is 22.6. The van der Waals surface area contributed by atoms with E-state index in [-0.39, 0.29) is 23.8 Å². The topological polar surface area (TPSA) is 591 Å². The molecule has 6 fully saturated rings. The molecule has 37 heteroatoms. The third-order valence-corrected chi connectivity index (χ3v) is 16.6. The summed E-state index contributed by atoms with van der Waals surface area (Å²) >= 11 is 0.